The molecular formula is C16H18Cl2N4O5S2. The summed E-state index contributed by atoms with van der Waals surface area (Å²) in [4.78, 5) is 19.7. The number of nitrogens with one attached hydrogen (secondary N) is 1. The molecule has 0 radical (unpaired) electrons. The maximum absolute atomic E-state index is 12.7. The number of thioether (sulfide) groups is 1. The molecule has 9 nitrogen and oxygen atoms in total. The summed E-state index contributed by atoms with van der Waals surface area (Å²) in [5.74, 6) is -0.555. The number of aromatic nitrogens is 2. The van der Waals surface area contributed by atoms with Gasteiger partial charge in [-0.15, -0.1) is 11.8 Å². The van der Waals surface area contributed by atoms with Crippen LogP contribution in [0, 0.1) is 6.92 Å². The lowest BCUT2D eigenvalue weighted by molar-refractivity contribution is -0.141. The highest BCUT2D eigenvalue weighted by Gasteiger charge is 2.24. The summed E-state index contributed by atoms with van der Waals surface area (Å²) in [5, 5.41) is 0.400. The molecule has 0 aliphatic heterocycles. The number of nitrogens with zero attached hydrogens (tertiary/aromatic N) is 2. The van der Waals surface area contributed by atoms with E-state index in [9.17, 15) is 13.2 Å². The van der Waals surface area contributed by atoms with Crippen molar-refractivity contribution in [2.45, 2.75) is 22.9 Å². The molecule has 3 N–H and O–H groups in total. The first-order chi connectivity index (χ1) is 13.6. The Morgan fingerprint density at radius 2 is 2.00 bits per heavy atom. The van der Waals surface area contributed by atoms with Crippen LogP contribution in [0.25, 0.3) is 0 Å². The number of nitrogens with two attached hydrogens (primary N) is 1. The second-order valence-electron chi connectivity index (χ2n) is 5.57. The van der Waals surface area contributed by atoms with Crippen LogP contribution in [0.5, 0.6) is 5.88 Å². The predicted molar refractivity (Wildman–Crippen MR) is 111 cm³/mol. The van der Waals surface area contributed by atoms with E-state index in [1.54, 1.807) is 6.92 Å². The maximum atomic E-state index is 12.7. The Labute approximate surface area is 182 Å². The van der Waals surface area contributed by atoms with E-state index in [-0.39, 0.29) is 32.4 Å². The molecule has 29 heavy (non-hydrogen) atoms. The minimum absolute atomic E-state index is 0.0635. The largest absolute Gasteiger partial charge is 0.478 e. The Bertz CT molecular complexity index is 1020. The number of methoxy groups -OCH3 is 2. The molecule has 0 bridgehead atoms. The second kappa shape index (κ2) is 9.81. The molecule has 0 amide bonds. The van der Waals surface area contributed by atoms with Gasteiger partial charge in [-0.3, -0.25) is 9.52 Å². The van der Waals surface area contributed by atoms with Crippen molar-refractivity contribution >= 4 is 56.8 Å². The number of halogens is 2. The predicted octanol–water partition coefficient (Wildman–Crippen LogP) is 2.49. The monoisotopic (exact) mass is 480 g/mol. The molecule has 158 valence electrons. The summed E-state index contributed by atoms with van der Waals surface area (Å²) < 4.78 is 37.5. The Hall–Kier alpha value is -1.79. The van der Waals surface area contributed by atoms with Gasteiger partial charge < -0.3 is 15.2 Å². The van der Waals surface area contributed by atoms with Gasteiger partial charge >= 0.3 is 5.97 Å². The number of carbonyl (C=O) groups is 1. The molecule has 13 heteroatoms. The van der Waals surface area contributed by atoms with Crippen LogP contribution in [0.4, 0.5) is 5.82 Å². The average Bonchev–Trinajstić information content (AvgIpc) is 2.68. The van der Waals surface area contributed by atoms with Crippen LogP contribution in [0.2, 0.25) is 10.0 Å². The molecule has 2 rings (SSSR count). The first-order valence-corrected chi connectivity index (χ1v) is 11.2. The number of hydrogen-bond acceptors (Lipinski definition) is 9. The summed E-state index contributed by atoms with van der Waals surface area (Å²) in [6, 6.07) is 3.39. The fourth-order valence-electron chi connectivity index (χ4n) is 2.10. The molecule has 0 saturated carbocycles. The van der Waals surface area contributed by atoms with Gasteiger partial charge in [-0.05, 0) is 19.1 Å². The molecule has 0 aliphatic carbocycles. The third kappa shape index (κ3) is 5.64. The molecule has 1 aromatic heterocycles. The van der Waals surface area contributed by atoms with Gasteiger partial charge in [0.25, 0.3) is 15.9 Å². The van der Waals surface area contributed by atoms with Crippen molar-refractivity contribution in [3.8, 4) is 5.88 Å². The third-order valence-electron chi connectivity index (χ3n) is 3.53. The fraction of sp³-hybridized carbons (Fsp3) is 0.312. The van der Waals surface area contributed by atoms with E-state index < -0.39 is 22.0 Å². The van der Waals surface area contributed by atoms with Gasteiger partial charge in [0.1, 0.15) is 16.0 Å². The van der Waals surface area contributed by atoms with Gasteiger partial charge in [-0.2, -0.15) is 0 Å². The van der Waals surface area contributed by atoms with E-state index in [2.05, 4.69) is 19.4 Å². The molecule has 1 heterocycles. The van der Waals surface area contributed by atoms with Crippen LogP contribution in [0.3, 0.4) is 0 Å². The lowest BCUT2D eigenvalue weighted by Gasteiger charge is -2.14. The van der Waals surface area contributed by atoms with Gasteiger partial charge in [0.05, 0.1) is 30.0 Å². The van der Waals surface area contributed by atoms with Crippen molar-refractivity contribution in [1.82, 2.24) is 9.97 Å². The highest BCUT2D eigenvalue weighted by Crippen LogP contribution is 2.32. The molecule has 0 aliphatic rings. The van der Waals surface area contributed by atoms with Gasteiger partial charge in [0, 0.05) is 5.75 Å². The van der Waals surface area contributed by atoms with Gasteiger partial charge in [0.2, 0.25) is 5.82 Å². The lowest BCUT2D eigenvalue weighted by Crippen LogP contribution is -2.33. The third-order valence-corrected chi connectivity index (χ3v) is 7.03. The summed E-state index contributed by atoms with van der Waals surface area (Å²) in [7, 11) is -1.54. The first-order valence-electron chi connectivity index (χ1n) is 7.96. The van der Waals surface area contributed by atoms with Crippen LogP contribution in [0.15, 0.2) is 28.1 Å². The molecule has 1 aromatic carbocycles. The van der Waals surface area contributed by atoms with E-state index in [0.717, 1.165) is 11.8 Å². The van der Waals surface area contributed by atoms with E-state index in [0.29, 0.717) is 10.7 Å². The van der Waals surface area contributed by atoms with Crippen molar-refractivity contribution in [3.63, 3.8) is 0 Å². The van der Waals surface area contributed by atoms with Crippen LogP contribution in [-0.4, -0.2) is 50.4 Å². The molecule has 0 saturated heterocycles. The molecule has 0 spiro atoms. The van der Waals surface area contributed by atoms with Crippen molar-refractivity contribution < 1.29 is 22.7 Å². The minimum Gasteiger partial charge on any atom is -0.478 e. The molecule has 0 fully saturated rings. The van der Waals surface area contributed by atoms with Crippen LogP contribution >= 0.6 is 35.0 Å². The molecular weight excluding hydrogens is 463 g/mol. The molecule has 0 unspecified atom stereocenters. The van der Waals surface area contributed by atoms with Crippen molar-refractivity contribution in [2.75, 3.05) is 24.7 Å². The van der Waals surface area contributed by atoms with Gasteiger partial charge in [0.15, 0.2) is 0 Å². The van der Waals surface area contributed by atoms with E-state index >= 15 is 0 Å². The SMILES string of the molecule is COC(=O)[C@@H](N)CSc1nc(OC)c(NS(=O)(=O)c2cccc(Cl)c2Cl)nc1C. The zero-order valence-corrected chi connectivity index (χ0v) is 18.7. The van der Waals surface area contributed by atoms with Crippen molar-refractivity contribution in [3.05, 3.63) is 33.9 Å². The Kier molecular flexibility index (Phi) is 7.94. The number of esters is 1. The smallest absolute Gasteiger partial charge is 0.323 e. The van der Waals surface area contributed by atoms with Crippen LogP contribution < -0.4 is 15.2 Å². The average molecular weight is 481 g/mol. The number of anilines is 1. The number of rotatable bonds is 8. The van der Waals surface area contributed by atoms with Crippen molar-refractivity contribution in [1.29, 1.82) is 0 Å². The standard InChI is InChI=1S/C16H18Cl2N4O5S2/c1-8-15(28-7-10(19)16(23)27-3)21-14(26-2)13(20-8)22-29(24,25)11-6-4-5-9(17)12(11)18/h4-6,10H,7,19H2,1-3H3,(H,20,22)/t10-/m0/s1. The van der Waals surface area contributed by atoms with Gasteiger partial charge in [-0.1, -0.05) is 29.3 Å². The minimum atomic E-state index is -4.11. The quantitative estimate of drug-likeness (QED) is 0.431. The molecule has 2 aromatic rings. The van der Waals surface area contributed by atoms with E-state index in [4.69, 9.17) is 33.7 Å². The number of benzene rings is 1. The normalized spacial score (nSPS) is 12.3. The van der Waals surface area contributed by atoms with E-state index in [1.165, 1.54) is 32.4 Å². The lowest BCUT2D eigenvalue weighted by atomic mass is 10.4. The highest BCUT2D eigenvalue weighted by atomic mass is 35.5. The summed E-state index contributed by atoms with van der Waals surface area (Å²) in [6.07, 6.45) is 0. The summed E-state index contributed by atoms with van der Waals surface area (Å²) in [5.41, 5.74) is 6.12. The van der Waals surface area contributed by atoms with Gasteiger partial charge in [-0.25, -0.2) is 18.4 Å². The van der Waals surface area contributed by atoms with Crippen LogP contribution in [0.1, 0.15) is 5.69 Å². The summed E-state index contributed by atoms with van der Waals surface area (Å²) in [6.45, 7) is 1.63. The first kappa shape index (κ1) is 23.5. The second-order valence-corrected chi connectivity index (χ2v) is 9.01. The number of carbonyl (C=O) groups excluding carboxylic acids is 1. The summed E-state index contributed by atoms with van der Waals surface area (Å²) >= 11 is 13.1. The highest BCUT2D eigenvalue weighted by molar-refractivity contribution is 7.99. The Morgan fingerprint density at radius 3 is 2.62 bits per heavy atom. The fourth-order valence-corrected chi connectivity index (χ4v) is 4.73. The zero-order valence-electron chi connectivity index (χ0n) is 15.6. The molecule has 1 atom stereocenters. The number of sulfonamides is 1. The van der Waals surface area contributed by atoms with Crippen LogP contribution in [-0.2, 0) is 19.6 Å². The number of aryl methyl sites for hydroxylation is 1. The van der Waals surface area contributed by atoms with E-state index in [1.807, 2.05) is 0 Å². The topological polar surface area (TPSA) is 134 Å². The number of ether oxygens (including phenoxy) is 2. The number of hydrogen-bond donors (Lipinski definition) is 2. The van der Waals surface area contributed by atoms with Crippen molar-refractivity contribution in [2.24, 2.45) is 5.73 Å². The zero-order chi connectivity index (χ0) is 21.8. The maximum Gasteiger partial charge on any atom is 0.323 e. The Balaban J connectivity index is 2.31. The Morgan fingerprint density at radius 1 is 1.31 bits per heavy atom.